The van der Waals surface area contributed by atoms with E-state index in [0.717, 1.165) is 33.0 Å². The number of pyridine rings is 2. The number of aromatic nitrogens is 4. The highest BCUT2D eigenvalue weighted by Crippen LogP contribution is 2.31. The van der Waals surface area contributed by atoms with Crippen molar-refractivity contribution in [3.8, 4) is 0 Å². The Morgan fingerprint density at radius 3 is 2.38 bits per heavy atom. The standard InChI is InChI=1S/C17H10N4/c1-3-11-12-9-14-15(19-7-6-18-14)10-13(12)16-4-2-8-21(16)17(11)20-5-1/h1-10H. The number of rotatable bonds is 0. The van der Waals surface area contributed by atoms with Crippen LogP contribution in [0.2, 0.25) is 0 Å². The van der Waals surface area contributed by atoms with Gasteiger partial charge in [-0.25, -0.2) is 4.98 Å². The average molecular weight is 270 g/mol. The van der Waals surface area contributed by atoms with Crippen LogP contribution in [0.1, 0.15) is 0 Å². The predicted octanol–water partition coefficient (Wildman–Crippen LogP) is 3.58. The summed E-state index contributed by atoms with van der Waals surface area (Å²) in [5.74, 6) is 0. The van der Waals surface area contributed by atoms with Crippen LogP contribution in [0, 0.1) is 0 Å². The molecular weight excluding hydrogens is 260 g/mol. The SMILES string of the molecule is c1cnc2c(c1)c1cc3nccnc3cc1c1cccn12. The maximum atomic E-state index is 4.54. The minimum Gasteiger partial charge on any atom is -0.301 e. The molecule has 1 aromatic carbocycles. The molecule has 0 saturated carbocycles. The highest BCUT2D eigenvalue weighted by Gasteiger charge is 2.10. The van der Waals surface area contributed by atoms with Crippen LogP contribution in [0.3, 0.4) is 0 Å². The van der Waals surface area contributed by atoms with Gasteiger partial charge >= 0.3 is 0 Å². The maximum Gasteiger partial charge on any atom is 0.144 e. The molecule has 0 fully saturated rings. The third kappa shape index (κ3) is 1.36. The third-order valence-electron chi connectivity index (χ3n) is 3.94. The Bertz CT molecular complexity index is 1140. The monoisotopic (exact) mass is 270 g/mol. The summed E-state index contributed by atoms with van der Waals surface area (Å²) in [5, 5.41) is 3.47. The van der Waals surface area contributed by atoms with Crippen LogP contribution in [0.25, 0.3) is 38.4 Å². The van der Waals surface area contributed by atoms with Crippen molar-refractivity contribution >= 4 is 38.4 Å². The third-order valence-corrected chi connectivity index (χ3v) is 3.94. The lowest BCUT2D eigenvalue weighted by molar-refractivity contribution is 1.21. The van der Waals surface area contributed by atoms with E-state index in [1.807, 2.05) is 24.5 Å². The van der Waals surface area contributed by atoms with E-state index >= 15 is 0 Å². The first-order valence-corrected chi connectivity index (χ1v) is 6.80. The van der Waals surface area contributed by atoms with Crippen molar-refractivity contribution in [1.29, 1.82) is 0 Å². The molecule has 0 spiro atoms. The summed E-state index contributed by atoms with van der Waals surface area (Å²) in [5.41, 5.74) is 3.93. The van der Waals surface area contributed by atoms with Gasteiger partial charge in [-0.1, -0.05) is 0 Å². The van der Waals surface area contributed by atoms with E-state index in [0.29, 0.717) is 0 Å². The number of hydrogen-bond donors (Lipinski definition) is 0. The lowest BCUT2D eigenvalue weighted by Gasteiger charge is -2.09. The first kappa shape index (κ1) is 10.7. The minimum atomic E-state index is 0.908. The minimum absolute atomic E-state index is 0.908. The van der Waals surface area contributed by atoms with Crippen molar-refractivity contribution in [3.05, 3.63) is 61.2 Å². The van der Waals surface area contributed by atoms with Crippen molar-refractivity contribution < 1.29 is 0 Å². The molecule has 5 rings (SSSR count). The zero-order chi connectivity index (χ0) is 13.8. The van der Waals surface area contributed by atoms with Crippen LogP contribution in [0.5, 0.6) is 0 Å². The molecule has 0 bridgehead atoms. The second-order valence-electron chi connectivity index (χ2n) is 5.08. The summed E-state index contributed by atoms with van der Waals surface area (Å²) in [6, 6.07) is 12.4. The van der Waals surface area contributed by atoms with Gasteiger partial charge in [0.2, 0.25) is 0 Å². The van der Waals surface area contributed by atoms with Crippen molar-refractivity contribution in [2.24, 2.45) is 0 Å². The normalized spacial score (nSPS) is 11.8. The molecule has 4 nitrogen and oxygen atoms in total. The fourth-order valence-electron chi connectivity index (χ4n) is 3.03. The summed E-state index contributed by atoms with van der Waals surface area (Å²) < 4.78 is 2.12. The number of hydrogen-bond acceptors (Lipinski definition) is 3. The van der Waals surface area contributed by atoms with Crippen molar-refractivity contribution in [3.63, 3.8) is 0 Å². The topological polar surface area (TPSA) is 43.1 Å². The quantitative estimate of drug-likeness (QED) is 0.319. The molecule has 0 radical (unpaired) electrons. The molecule has 0 aliphatic rings. The lowest BCUT2D eigenvalue weighted by atomic mass is 10.1. The second kappa shape index (κ2) is 3.76. The first-order valence-electron chi connectivity index (χ1n) is 6.80. The zero-order valence-corrected chi connectivity index (χ0v) is 11.1. The van der Waals surface area contributed by atoms with Gasteiger partial charge < -0.3 is 4.40 Å². The van der Waals surface area contributed by atoms with Crippen LogP contribution in [-0.2, 0) is 0 Å². The second-order valence-corrected chi connectivity index (χ2v) is 5.08. The highest BCUT2D eigenvalue weighted by molar-refractivity contribution is 6.15. The molecule has 0 aliphatic heterocycles. The van der Waals surface area contributed by atoms with Crippen LogP contribution in [-0.4, -0.2) is 19.4 Å². The van der Waals surface area contributed by atoms with Crippen LogP contribution >= 0.6 is 0 Å². The Hall–Kier alpha value is -3.01. The average Bonchev–Trinajstić information content (AvgIpc) is 3.03. The maximum absolute atomic E-state index is 4.54. The molecule has 0 atom stereocenters. The van der Waals surface area contributed by atoms with Gasteiger partial charge in [-0.15, -0.1) is 0 Å². The summed E-state index contributed by atoms with van der Waals surface area (Å²) in [7, 11) is 0. The fraction of sp³-hybridized carbons (Fsp3) is 0. The molecule has 98 valence electrons. The molecule has 0 unspecified atom stereocenters. The van der Waals surface area contributed by atoms with Gasteiger partial charge in [-0.05, 0) is 41.8 Å². The molecule has 21 heavy (non-hydrogen) atoms. The predicted molar refractivity (Wildman–Crippen MR) is 83.3 cm³/mol. The van der Waals surface area contributed by atoms with Crippen molar-refractivity contribution in [2.45, 2.75) is 0 Å². The zero-order valence-electron chi connectivity index (χ0n) is 11.1. The number of benzene rings is 1. The van der Waals surface area contributed by atoms with E-state index in [2.05, 4.69) is 43.6 Å². The molecule has 4 aromatic heterocycles. The van der Waals surface area contributed by atoms with E-state index < -0.39 is 0 Å². The molecule has 4 heterocycles. The molecule has 0 saturated heterocycles. The Morgan fingerprint density at radius 1 is 0.714 bits per heavy atom. The van der Waals surface area contributed by atoms with Crippen LogP contribution in [0.15, 0.2) is 61.2 Å². The molecular formula is C17H10N4. The van der Waals surface area contributed by atoms with Crippen LogP contribution < -0.4 is 0 Å². The fourth-order valence-corrected chi connectivity index (χ4v) is 3.03. The van der Waals surface area contributed by atoms with E-state index in [4.69, 9.17) is 0 Å². The first-order chi connectivity index (χ1) is 10.4. The van der Waals surface area contributed by atoms with E-state index in [9.17, 15) is 0 Å². The van der Waals surface area contributed by atoms with Gasteiger partial charge in [-0.2, -0.15) is 0 Å². The summed E-state index contributed by atoms with van der Waals surface area (Å²) in [6.45, 7) is 0. The number of nitrogens with zero attached hydrogens (tertiary/aromatic N) is 4. The summed E-state index contributed by atoms with van der Waals surface area (Å²) in [6.07, 6.45) is 7.33. The van der Waals surface area contributed by atoms with Crippen LogP contribution in [0.4, 0.5) is 0 Å². The Morgan fingerprint density at radius 2 is 1.52 bits per heavy atom. The van der Waals surface area contributed by atoms with Gasteiger partial charge in [0, 0.05) is 35.6 Å². The van der Waals surface area contributed by atoms with Gasteiger partial charge in [0.25, 0.3) is 0 Å². The molecule has 4 heteroatoms. The van der Waals surface area contributed by atoms with E-state index in [1.165, 1.54) is 5.39 Å². The number of fused-ring (bicyclic) bond motifs is 7. The summed E-state index contributed by atoms with van der Waals surface area (Å²) in [4.78, 5) is 13.4. The molecule has 5 aromatic rings. The van der Waals surface area contributed by atoms with E-state index in [1.54, 1.807) is 12.4 Å². The molecule has 0 amide bonds. The van der Waals surface area contributed by atoms with E-state index in [-0.39, 0.29) is 0 Å². The Balaban J connectivity index is 2.18. The summed E-state index contributed by atoms with van der Waals surface area (Å²) >= 11 is 0. The van der Waals surface area contributed by atoms with Gasteiger partial charge in [0.05, 0.1) is 16.6 Å². The lowest BCUT2D eigenvalue weighted by Crippen LogP contribution is -1.93. The van der Waals surface area contributed by atoms with Gasteiger partial charge in [0.15, 0.2) is 0 Å². The smallest absolute Gasteiger partial charge is 0.144 e. The Labute approximate surface area is 119 Å². The Kier molecular flexibility index (Phi) is 1.92. The van der Waals surface area contributed by atoms with Crippen molar-refractivity contribution in [1.82, 2.24) is 19.4 Å². The van der Waals surface area contributed by atoms with Gasteiger partial charge in [-0.3, -0.25) is 9.97 Å². The van der Waals surface area contributed by atoms with Gasteiger partial charge in [0.1, 0.15) is 5.65 Å². The highest BCUT2D eigenvalue weighted by atomic mass is 15.0. The largest absolute Gasteiger partial charge is 0.301 e. The molecule has 0 aliphatic carbocycles. The van der Waals surface area contributed by atoms with Crippen molar-refractivity contribution in [2.75, 3.05) is 0 Å². The molecule has 0 N–H and O–H groups in total.